The van der Waals surface area contributed by atoms with Crippen molar-refractivity contribution in [2.75, 3.05) is 38.2 Å². The van der Waals surface area contributed by atoms with E-state index < -0.39 is 0 Å². The number of fused-ring (bicyclic) bond motifs is 1. The lowest BCUT2D eigenvalue weighted by Crippen LogP contribution is -2.49. The Bertz CT molecular complexity index is 950. The fourth-order valence-corrected chi connectivity index (χ4v) is 4.28. The quantitative estimate of drug-likeness (QED) is 0.691. The van der Waals surface area contributed by atoms with Crippen LogP contribution in [0.1, 0.15) is 5.56 Å². The average molecular weight is 385 g/mol. The molecule has 0 radical (unpaired) electrons. The summed E-state index contributed by atoms with van der Waals surface area (Å²) < 4.78 is 19.5. The number of para-hydroxylation sites is 1. The maximum absolute atomic E-state index is 13.0. The van der Waals surface area contributed by atoms with Crippen molar-refractivity contribution >= 4 is 32.6 Å². The molecule has 2 heterocycles. The van der Waals surface area contributed by atoms with Gasteiger partial charge in [-0.1, -0.05) is 29.5 Å². The summed E-state index contributed by atoms with van der Waals surface area (Å²) in [7, 11) is 1.65. The molecule has 1 amide bonds. The summed E-state index contributed by atoms with van der Waals surface area (Å²) in [6.45, 7) is 2.81. The van der Waals surface area contributed by atoms with Crippen LogP contribution in [-0.2, 0) is 11.2 Å². The van der Waals surface area contributed by atoms with Crippen LogP contribution in [0.2, 0.25) is 0 Å². The lowest BCUT2D eigenvalue weighted by molar-refractivity contribution is -0.130. The maximum atomic E-state index is 13.0. The van der Waals surface area contributed by atoms with Crippen molar-refractivity contribution in [3.05, 3.63) is 53.8 Å². The number of aromatic nitrogens is 1. The Hall–Kier alpha value is -2.67. The van der Waals surface area contributed by atoms with Gasteiger partial charge in [-0.05, 0) is 29.8 Å². The van der Waals surface area contributed by atoms with Crippen LogP contribution in [0.3, 0.4) is 0 Å². The first kappa shape index (κ1) is 17.7. The molecule has 140 valence electrons. The van der Waals surface area contributed by atoms with Gasteiger partial charge in [0.25, 0.3) is 0 Å². The molecular formula is C20H20FN3O2S. The van der Waals surface area contributed by atoms with Gasteiger partial charge in [-0.15, -0.1) is 0 Å². The highest BCUT2D eigenvalue weighted by Crippen LogP contribution is 2.34. The number of anilines is 1. The predicted octanol–water partition coefficient (Wildman–Crippen LogP) is 3.34. The molecule has 0 spiro atoms. The number of methoxy groups -OCH3 is 1. The Kier molecular flexibility index (Phi) is 4.94. The molecule has 1 aliphatic heterocycles. The standard InChI is InChI=1S/C20H20FN3O2S/c1-26-16-3-2-4-17-19(16)22-20(27-17)24-11-9-23(10-12-24)18(25)13-14-5-7-15(21)8-6-14/h2-8H,9-13H2,1H3. The SMILES string of the molecule is COc1cccc2sc(N3CCN(C(=O)Cc4ccc(F)cc4)CC3)nc12. The molecule has 0 bridgehead atoms. The molecule has 3 aromatic rings. The molecule has 1 aromatic heterocycles. The van der Waals surface area contributed by atoms with Gasteiger partial charge in [-0.3, -0.25) is 4.79 Å². The lowest BCUT2D eigenvalue weighted by atomic mass is 10.1. The molecule has 5 nitrogen and oxygen atoms in total. The molecule has 2 aromatic carbocycles. The summed E-state index contributed by atoms with van der Waals surface area (Å²) in [4.78, 5) is 21.3. The highest BCUT2D eigenvalue weighted by Gasteiger charge is 2.23. The zero-order chi connectivity index (χ0) is 18.8. The first-order chi connectivity index (χ1) is 13.1. The second kappa shape index (κ2) is 7.52. The van der Waals surface area contributed by atoms with E-state index in [1.807, 2.05) is 23.1 Å². The van der Waals surface area contributed by atoms with Crippen molar-refractivity contribution in [3.8, 4) is 5.75 Å². The van der Waals surface area contributed by atoms with Gasteiger partial charge in [0.2, 0.25) is 5.91 Å². The monoisotopic (exact) mass is 385 g/mol. The third kappa shape index (κ3) is 3.73. The number of amides is 1. The number of rotatable bonds is 4. The number of nitrogens with zero attached hydrogens (tertiary/aromatic N) is 3. The van der Waals surface area contributed by atoms with E-state index in [9.17, 15) is 9.18 Å². The van der Waals surface area contributed by atoms with Crippen molar-refractivity contribution < 1.29 is 13.9 Å². The summed E-state index contributed by atoms with van der Waals surface area (Å²) in [5.74, 6) is 0.572. The van der Waals surface area contributed by atoms with Crippen LogP contribution < -0.4 is 9.64 Å². The minimum atomic E-state index is -0.285. The molecule has 0 saturated carbocycles. The number of carbonyl (C=O) groups excluding carboxylic acids is 1. The van der Waals surface area contributed by atoms with Gasteiger partial charge in [-0.2, -0.15) is 0 Å². The Morgan fingerprint density at radius 2 is 1.89 bits per heavy atom. The fourth-order valence-electron chi connectivity index (χ4n) is 3.25. The second-order valence-electron chi connectivity index (χ2n) is 6.47. The molecule has 7 heteroatoms. The number of hydrogen-bond acceptors (Lipinski definition) is 5. The molecule has 4 rings (SSSR count). The topological polar surface area (TPSA) is 45.7 Å². The second-order valence-corrected chi connectivity index (χ2v) is 7.48. The summed E-state index contributed by atoms with van der Waals surface area (Å²) in [6.07, 6.45) is 0.304. The van der Waals surface area contributed by atoms with Crippen LogP contribution >= 0.6 is 11.3 Å². The number of benzene rings is 2. The number of hydrogen-bond donors (Lipinski definition) is 0. The fraction of sp³-hybridized carbons (Fsp3) is 0.300. The van der Waals surface area contributed by atoms with E-state index in [-0.39, 0.29) is 11.7 Å². The Morgan fingerprint density at radius 1 is 1.15 bits per heavy atom. The molecule has 1 saturated heterocycles. The van der Waals surface area contributed by atoms with Gasteiger partial charge >= 0.3 is 0 Å². The van der Waals surface area contributed by atoms with E-state index in [0.29, 0.717) is 19.5 Å². The third-order valence-corrected chi connectivity index (χ3v) is 5.84. The minimum absolute atomic E-state index is 0.0761. The first-order valence-electron chi connectivity index (χ1n) is 8.85. The Labute approximate surface area is 161 Å². The first-order valence-corrected chi connectivity index (χ1v) is 9.66. The number of carbonyl (C=O) groups is 1. The van der Waals surface area contributed by atoms with Crippen molar-refractivity contribution in [1.29, 1.82) is 0 Å². The molecule has 0 aliphatic carbocycles. The maximum Gasteiger partial charge on any atom is 0.227 e. The Balaban J connectivity index is 1.40. The van der Waals surface area contributed by atoms with Crippen molar-refractivity contribution in [3.63, 3.8) is 0 Å². The largest absolute Gasteiger partial charge is 0.494 e. The van der Waals surface area contributed by atoms with E-state index in [1.165, 1.54) is 12.1 Å². The zero-order valence-corrected chi connectivity index (χ0v) is 15.8. The van der Waals surface area contributed by atoms with Gasteiger partial charge < -0.3 is 14.5 Å². The zero-order valence-electron chi connectivity index (χ0n) is 15.0. The predicted molar refractivity (Wildman–Crippen MR) is 105 cm³/mol. The van der Waals surface area contributed by atoms with E-state index >= 15 is 0 Å². The van der Waals surface area contributed by atoms with Crippen LogP contribution in [0.4, 0.5) is 9.52 Å². The minimum Gasteiger partial charge on any atom is -0.494 e. The van der Waals surface area contributed by atoms with Crippen LogP contribution in [0, 0.1) is 5.82 Å². The summed E-state index contributed by atoms with van der Waals surface area (Å²) in [5.41, 5.74) is 1.72. The smallest absolute Gasteiger partial charge is 0.227 e. The molecule has 0 atom stereocenters. The molecule has 0 unspecified atom stereocenters. The van der Waals surface area contributed by atoms with Crippen LogP contribution in [0.25, 0.3) is 10.2 Å². The third-order valence-electron chi connectivity index (χ3n) is 4.76. The number of ether oxygens (including phenoxy) is 1. The molecule has 0 N–H and O–H groups in total. The van der Waals surface area contributed by atoms with Crippen molar-refractivity contribution in [1.82, 2.24) is 9.88 Å². The van der Waals surface area contributed by atoms with E-state index in [0.717, 1.165) is 39.8 Å². The lowest BCUT2D eigenvalue weighted by Gasteiger charge is -2.34. The Morgan fingerprint density at radius 3 is 2.59 bits per heavy atom. The van der Waals surface area contributed by atoms with E-state index in [4.69, 9.17) is 9.72 Å². The van der Waals surface area contributed by atoms with Gasteiger partial charge in [-0.25, -0.2) is 9.37 Å². The van der Waals surface area contributed by atoms with Crippen LogP contribution in [0.5, 0.6) is 5.75 Å². The number of piperazine rings is 1. The molecule has 1 aliphatic rings. The van der Waals surface area contributed by atoms with E-state index in [1.54, 1.807) is 30.6 Å². The van der Waals surface area contributed by atoms with Gasteiger partial charge in [0.05, 0.1) is 18.2 Å². The summed E-state index contributed by atoms with van der Waals surface area (Å²) >= 11 is 1.64. The van der Waals surface area contributed by atoms with Gasteiger partial charge in [0, 0.05) is 26.2 Å². The van der Waals surface area contributed by atoms with Crippen LogP contribution in [-0.4, -0.2) is 49.1 Å². The molecule has 1 fully saturated rings. The van der Waals surface area contributed by atoms with Gasteiger partial charge in [0.15, 0.2) is 5.13 Å². The number of thiazole rings is 1. The van der Waals surface area contributed by atoms with Gasteiger partial charge in [0.1, 0.15) is 17.1 Å². The number of halogens is 1. The normalized spacial score (nSPS) is 14.6. The highest BCUT2D eigenvalue weighted by atomic mass is 32.1. The van der Waals surface area contributed by atoms with Crippen molar-refractivity contribution in [2.45, 2.75) is 6.42 Å². The van der Waals surface area contributed by atoms with E-state index in [2.05, 4.69) is 4.90 Å². The molecule has 27 heavy (non-hydrogen) atoms. The van der Waals surface area contributed by atoms with Crippen molar-refractivity contribution in [2.24, 2.45) is 0 Å². The summed E-state index contributed by atoms with van der Waals surface area (Å²) in [5, 5.41) is 0.958. The van der Waals surface area contributed by atoms with Crippen LogP contribution in [0.15, 0.2) is 42.5 Å². The highest BCUT2D eigenvalue weighted by molar-refractivity contribution is 7.22. The summed E-state index contributed by atoms with van der Waals surface area (Å²) in [6, 6.07) is 12.0. The average Bonchev–Trinajstić information content (AvgIpc) is 3.14. The molecular weight excluding hydrogens is 365 g/mol.